The standard InChI is InChI=1S/C9H16N4S/c10-9(14)12-11-8-2-1-7-3-5-13(8)6-4-7/h7H,1-6H2,(H3,10,12,14)/b11-8-. The summed E-state index contributed by atoms with van der Waals surface area (Å²) < 4.78 is 0. The molecule has 0 unspecified atom stereocenters. The molecule has 0 aromatic rings. The van der Waals surface area contributed by atoms with Crippen LogP contribution in [0.1, 0.15) is 25.7 Å². The molecule has 0 aromatic heterocycles. The van der Waals surface area contributed by atoms with Crippen LogP contribution in [-0.2, 0) is 0 Å². The summed E-state index contributed by atoms with van der Waals surface area (Å²) in [4.78, 5) is 2.34. The second-order valence-electron chi connectivity index (χ2n) is 3.97. The van der Waals surface area contributed by atoms with Gasteiger partial charge in [0.15, 0.2) is 5.11 Å². The average Bonchev–Trinajstić information content (AvgIpc) is 2.47. The molecule has 3 aliphatic heterocycles. The smallest absolute Gasteiger partial charge is 0.184 e. The van der Waals surface area contributed by atoms with Crippen LogP contribution in [0.3, 0.4) is 0 Å². The Morgan fingerprint density at radius 2 is 2.14 bits per heavy atom. The van der Waals surface area contributed by atoms with Crippen molar-refractivity contribution in [2.24, 2.45) is 16.8 Å². The Bertz CT molecular complexity index is 256. The van der Waals surface area contributed by atoms with Gasteiger partial charge in [0.05, 0.1) is 0 Å². The van der Waals surface area contributed by atoms with E-state index >= 15 is 0 Å². The summed E-state index contributed by atoms with van der Waals surface area (Å²) in [6.45, 7) is 2.28. The molecule has 3 aliphatic rings. The average molecular weight is 212 g/mol. The zero-order valence-corrected chi connectivity index (χ0v) is 9.02. The Morgan fingerprint density at radius 1 is 1.43 bits per heavy atom. The van der Waals surface area contributed by atoms with Crippen molar-refractivity contribution in [3.63, 3.8) is 0 Å². The van der Waals surface area contributed by atoms with Crippen molar-refractivity contribution in [3.8, 4) is 0 Å². The second-order valence-corrected chi connectivity index (χ2v) is 4.41. The van der Waals surface area contributed by atoms with Crippen LogP contribution in [0.2, 0.25) is 0 Å². The van der Waals surface area contributed by atoms with Crippen molar-refractivity contribution in [3.05, 3.63) is 0 Å². The van der Waals surface area contributed by atoms with E-state index in [9.17, 15) is 0 Å². The predicted molar refractivity (Wildman–Crippen MR) is 60.9 cm³/mol. The fraction of sp³-hybridized carbons (Fsp3) is 0.778. The van der Waals surface area contributed by atoms with E-state index < -0.39 is 0 Å². The highest BCUT2D eigenvalue weighted by Gasteiger charge is 2.26. The minimum Gasteiger partial charge on any atom is -0.375 e. The number of hydrogen-bond donors (Lipinski definition) is 2. The number of amidine groups is 1. The molecule has 3 heterocycles. The topological polar surface area (TPSA) is 53.6 Å². The van der Waals surface area contributed by atoms with E-state index in [1.165, 1.54) is 19.3 Å². The van der Waals surface area contributed by atoms with Gasteiger partial charge in [-0.25, -0.2) is 0 Å². The maximum atomic E-state index is 5.34. The van der Waals surface area contributed by atoms with Gasteiger partial charge in [-0.3, -0.25) is 5.43 Å². The number of nitrogens with one attached hydrogen (secondary N) is 1. The second kappa shape index (κ2) is 4.13. The van der Waals surface area contributed by atoms with E-state index in [-0.39, 0.29) is 5.11 Å². The summed E-state index contributed by atoms with van der Waals surface area (Å²) in [5, 5.41) is 4.50. The summed E-state index contributed by atoms with van der Waals surface area (Å²) >= 11 is 4.72. The fourth-order valence-corrected chi connectivity index (χ4v) is 2.26. The van der Waals surface area contributed by atoms with E-state index in [1.807, 2.05) is 0 Å². The van der Waals surface area contributed by atoms with Gasteiger partial charge in [-0.2, -0.15) is 5.10 Å². The first-order valence-corrected chi connectivity index (χ1v) is 5.53. The number of rotatable bonds is 1. The van der Waals surface area contributed by atoms with Crippen LogP contribution < -0.4 is 11.2 Å². The molecular formula is C9H16N4S. The normalized spacial score (nSPS) is 25.1. The molecule has 0 aliphatic carbocycles. The zero-order valence-electron chi connectivity index (χ0n) is 8.20. The Balaban J connectivity index is 2.03. The first-order chi connectivity index (χ1) is 6.75. The highest BCUT2D eigenvalue weighted by molar-refractivity contribution is 7.80. The number of fused-ring (bicyclic) bond motifs is 4. The van der Waals surface area contributed by atoms with Crippen molar-refractivity contribution in [2.45, 2.75) is 25.7 Å². The Hall–Kier alpha value is -0.840. The predicted octanol–water partition coefficient (Wildman–Crippen LogP) is 0.639. The van der Waals surface area contributed by atoms with E-state index in [0.717, 1.165) is 31.3 Å². The highest BCUT2D eigenvalue weighted by Crippen LogP contribution is 2.27. The Labute approximate surface area is 89.5 Å². The molecular weight excluding hydrogens is 196 g/mol. The molecule has 3 N–H and O–H groups in total. The third kappa shape index (κ3) is 2.15. The number of hydrogen-bond acceptors (Lipinski definition) is 2. The monoisotopic (exact) mass is 212 g/mol. The molecule has 0 aromatic carbocycles. The Kier molecular flexibility index (Phi) is 2.86. The van der Waals surface area contributed by atoms with Gasteiger partial charge in [-0.15, -0.1) is 0 Å². The number of hydrazone groups is 1. The van der Waals surface area contributed by atoms with Crippen LogP contribution in [-0.4, -0.2) is 28.9 Å². The van der Waals surface area contributed by atoms with Crippen molar-refractivity contribution in [1.29, 1.82) is 0 Å². The molecule has 78 valence electrons. The van der Waals surface area contributed by atoms with Crippen LogP contribution in [0.4, 0.5) is 0 Å². The van der Waals surface area contributed by atoms with Crippen molar-refractivity contribution < 1.29 is 0 Å². The van der Waals surface area contributed by atoms with Crippen molar-refractivity contribution >= 4 is 23.2 Å². The molecule has 5 heteroatoms. The first kappa shape index (κ1) is 9.71. The lowest BCUT2D eigenvalue weighted by Crippen LogP contribution is -2.36. The SMILES string of the molecule is NC(=S)N/N=C1/CCC2CCN1CC2. The summed E-state index contributed by atoms with van der Waals surface area (Å²) in [5.74, 6) is 2.03. The maximum Gasteiger partial charge on any atom is 0.184 e. The quantitative estimate of drug-likeness (QED) is 0.495. The fourth-order valence-electron chi connectivity index (χ4n) is 2.22. The summed E-state index contributed by atoms with van der Waals surface area (Å²) in [6, 6.07) is 0. The van der Waals surface area contributed by atoms with Gasteiger partial charge in [-0.05, 0) is 37.4 Å². The van der Waals surface area contributed by atoms with E-state index in [0.29, 0.717) is 0 Å². The van der Waals surface area contributed by atoms with Crippen molar-refractivity contribution in [1.82, 2.24) is 10.3 Å². The molecule has 0 radical (unpaired) electrons. The molecule has 0 atom stereocenters. The van der Waals surface area contributed by atoms with Crippen molar-refractivity contribution in [2.75, 3.05) is 13.1 Å². The van der Waals surface area contributed by atoms with E-state index in [2.05, 4.69) is 15.4 Å². The van der Waals surface area contributed by atoms with Crippen LogP contribution >= 0.6 is 12.2 Å². The van der Waals surface area contributed by atoms with Crippen LogP contribution in [0.5, 0.6) is 0 Å². The lowest BCUT2D eigenvalue weighted by atomic mass is 9.96. The lowest BCUT2D eigenvalue weighted by Gasteiger charge is -2.28. The molecule has 4 nitrogen and oxygen atoms in total. The number of nitrogens with zero attached hydrogens (tertiary/aromatic N) is 2. The van der Waals surface area contributed by atoms with Gasteiger partial charge in [0, 0.05) is 19.5 Å². The minimum atomic E-state index is 0.248. The molecule has 0 amide bonds. The number of thiocarbonyl (C=S) groups is 1. The third-order valence-corrected chi connectivity index (χ3v) is 3.14. The summed E-state index contributed by atoms with van der Waals surface area (Å²) in [6.07, 6.45) is 4.94. The van der Waals surface area contributed by atoms with Gasteiger partial charge in [0.1, 0.15) is 5.84 Å². The number of piperidine rings is 1. The molecule has 3 saturated heterocycles. The molecule has 14 heavy (non-hydrogen) atoms. The highest BCUT2D eigenvalue weighted by atomic mass is 32.1. The van der Waals surface area contributed by atoms with Crippen LogP contribution in [0, 0.1) is 5.92 Å². The van der Waals surface area contributed by atoms with Gasteiger partial charge in [-0.1, -0.05) is 0 Å². The van der Waals surface area contributed by atoms with Gasteiger partial charge in [0.2, 0.25) is 0 Å². The van der Waals surface area contributed by atoms with E-state index in [1.54, 1.807) is 0 Å². The van der Waals surface area contributed by atoms with E-state index in [4.69, 9.17) is 18.0 Å². The number of nitrogens with two attached hydrogens (primary N) is 1. The molecule has 0 saturated carbocycles. The minimum absolute atomic E-state index is 0.248. The zero-order chi connectivity index (χ0) is 9.97. The summed E-state index contributed by atoms with van der Waals surface area (Å²) in [7, 11) is 0. The summed E-state index contributed by atoms with van der Waals surface area (Å²) in [5.41, 5.74) is 8.02. The molecule has 2 bridgehead atoms. The largest absolute Gasteiger partial charge is 0.375 e. The molecule has 0 spiro atoms. The Morgan fingerprint density at radius 3 is 2.79 bits per heavy atom. The third-order valence-electron chi connectivity index (χ3n) is 3.05. The van der Waals surface area contributed by atoms with Gasteiger partial charge >= 0.3 is 0 Å². The van der Waals surface area contributed by atoms with Crippen LogP contribution in [0.25, 0.3) is 0 Å². The first-order valence-electron chi connectivity index (χ1n) is 5.12. The van der Waals surface area contributed by atoms with Gasteiger partial charge in [0.25, 0.3) is 0 Å². The molecule has 3 rings (SSSR count). The van der Waals surface area contributed by atoms with Crippen LogP contribution in [0.15, 0.2) is 5.10 Å². The molecule has 3 fully saturated rings. The van der Waals surface area contributed by atoms with Gasteiger partial charge < -0.3 is 10.6 Å². The maximum absolute atomic E-state index is 5.34. The lowest BCUT2D eigenvalue weighted by molar-refractivity contribution is 0.283.